The fourth-order valence-corrected chi connectivity index (χ4v) is 5.27. The number of allylic oxidation sites excluding steroid dienone is 2. The number of carbonyl (C=O) groups is 3. The topological polar surface area (TPSA) is 69.7 Å². The van der Waals surface area contributed by atoms with E-state index in [4.69, 9.17) is 9.47 Å². The first-order valence-corrected chi connectivity index (χ1v) is 9.43. The highest BCUT2D eigenvalue weighted by molar-refractivity contribution is 5.96. The highest BCUT2D eigenvalue weighted by Gasteiger charge is 2.59. The number of esters is 2. The maximum absolute atomic E-state index is 12.8. The van der Waals surface area contributed by atoms with Crippen LogP contribution in [-0.2, 0) is 23.9 Å². The van der Waals surface area contributed by atoms with E-state index in [0.29, 0.717) is 25.0 Å². The van der Waals surface area contributed by atoms with Gasteiger partial charge in [-0.05, 0) is 55.1 Å². The van der Waals surface area contributed by atoms with Crippen molar-refractivity contribution >= 4 is 17.7 Å². The molecule has 0 radical (unpaired) electrons. The Hall–Kier alpha value is -1.91. The van der Waals surface area contributed by atoms with Crippen LogP contribution in [0.4, 0.5) is 0 Å². The maximum atomic E-state index is 12.8. The van der Waals surface area contributed by atoms with Gasteiger partial charge in [0.05, 0.1) is 0 Å². The number of hydrogen-bond donors (Lipinski definition) is 0. The minimum atomic E-state index is -0.541. The average Bonchev–Trinajstić information content (AvgIpc) is 2.98. The summed E-state index contributed by atoms with van der Waals surface area (Å²) in [6, 6.07) is 0. The molecule has 0 spiro atoms. The molecule has 5 atom stereocenters. The summed E-state index contributed by atoms with van der Waals surface area (Å²) in [5.74, 6) is -0.180. The molecule has 3 rings (SSSR count). The van der Waals surface area contributed by atoms with Crippen molar-refractivity contribution < 1.29 is 23.9 Å². The van der Waals surface area contributed by atoms with E-state index in [0.717, 1.165) is 12.8 Å². The molecule has 142 valence electrons. The van der Waals surface area contributed by atoms with E-state index < -0.39 is 5.41 Å². The maximum Gasteiger partial charge on any atom is 0.334 e. The van der Waals surface area contributed by atoms with E-state index in [1.807, 2.05) is 19.1 Å². The van der Waals surface area contributed by atoms with Gasteiger partial charge in [0.15, 0.2) is 5.78 Å². The molecule has 5 heteroatoms. The largest absolute Gasteiger partial charge is 0.462 e. The molecule has 0 aromatic carbocycles. The second-order valence-electron chi connectivity index (χ2n) is 8.45. The standard InChI is InChI=1S/C21H28O5/c1-13-16(26-14(2)22)12-21(4)17(6-5-7-18(21)23)20(13,3)10-8-15-9-11-25-19(15)24/h5,7,9,13,16-17H,6,8,10-12H2,1-4H3. The van der Waals surface area contributed by atoms with Gasteiger partial charge < -0.3 is 9.47 Å². The van der Waals surface area contributed by atoms with E-state index in [-0.39, 0.29) is 41.1 Å². The second-order valence-corrected chi connectivity index (χ2v) is 8.45. The Balaban J connectivity index is 1.92. The minimum Gasteiger partial charge on any atom is -0.462 e. The summed E-state index contributed by atoms with van der Waals surface area (Å²) in [4.78, 5) is 36.2. The number of rotatable bonds is 4. The lowest BCUT2D eigenvalue weighted by molar-refractivity contribution is -0.176. The van der Waals surface area contributed by atoms with Gasteiger partial charge in [0, 0.05) is 17.9 Å². The quantitative estimate of drug-likeness (QED) is 0.719. The SMILES string of the molecule is CC(=O)OC1CC2(C)C(=O)C=CCC2C(C)(CCC2=CCOC2=O)C1C. The Kier molecular flexibility index (Phi) is 4.84. The third-order valence-corrected chi connectivity index (χ3v) is 7.05. The van der Waals surface area contributed by atoms with Crippen molar-refractivity contribution in [3.8, 4) is 0 Å². The lowest BCUT2D eigenvalue weighted by atomic mass is 9.47. The van der Waals surface area contributed by atoms with Crippen LogP contribution < -0.4 is 0 Å². The van der Waals surface area contributed by atoms with Gasteiger partial charge in [0.2, 0.25) is 0 Å². The first kappa shape index (κ1) is 18.9. The third kappa shape index (κ3) is 3.01. The van der Waals surface area contributed by atoms with Gasteiger partial charge >= 0.3 is 11.9 Å². The minimum absolute atomic E-state index is 0.0989. The molecule has 2 aliphatic carbocycles. The van der Waals surface area contributed by atoms with Crippen molar-refractivity contribution in [3.05, 3.63) is 23.8 Å². The normalized spacial score (nSPS) is 39.2. The molecule has 0 saturated heterocycles. The molecular formula is C21H28O5. The van der Waals surface area contributed by atoms with Crippen LogP contribution in [0.25, 0.3) is 0 Å². The molecule has 1 fully saturated rings. The number of fused-ring (bicyclic) bond motifs is 1. The Morgan fingerprint density at radius 3 is 2.69 bits per heavy atom. The third-order valence-electron chi connectivity index (χ3n) is 7.05. The van der Waals surface area contributed by atoms with Crippen LogP contribution in [0.3, 0.4) is 0 Å². The van der Waals surface area contributed by atoms with Crippen LogP contribution in [0.2, 0.25) is 0 Å². The zero-order valence-electron chi connectivity index (χ0n) is 16.0. The van der Waals surface area contributed by atoms with E-state index in [9.17, 15) is 14.4 Å². The Labute approximate surface area is 154 Å². The zero-order valence-corrected chi connectivity index (χ0v) is 16.0. The lowest BCUT2D eigenvalue weighted by Gasteiger charge is -2.58. The first-order chi connectivity index (χ1) is 12.2. The summed E-state index contributed by atoms with van der Waals surface area (Å²) in [6.07, 6.45) is 7.96. The molecule has 1 heterocycles. The van der Waals surface area contributed by atoms with Crippen molar-refractivity contribution in [1.29, 1.82) is 0 Å². The van der Waals surface area contributed by atoms with Crippen LogP contribution in [0.15, 0.2) is 23.8 Å². The number of cyclic esters (lactones) is 1. The average molecular weight is 360 g/mol. The van der Waals surface area contributed by atoms with Gasteiger partial charge in [-0.3, -0.25) is 9.59 Å². The van der Waals surface area contributed by atoms with E-state index in [1.54, 1.807) is 6.08 Å². The molecule has 1 aliphatic heterocycles. The van der Waals surface area contributed by atoms with Crippen molar-refractivity contribution in [2.75, 3.05) is 6.61 Å². The molecule has 3 aliphatic rings. The molecular weight excluding hydrogens is 332 g/mol. The Bertz CT molecular complexity index is 691. The second kappa shape index (κ2) is 6.67. The highest BCUT2D eigenvalue weighted by atomic mass is 16.5. The van der Waals surface area contributed by atoms with Crippen LogP contribution in [0, 0.1) is 22.7 Å². The summed E-state index contributed by atoms with van der Waals surface area (Å²) < 4.78 is 10.6. The summed E-state index contributed by atoms with van der Waals surface area (Å²) >= 11 is 0. The monoisotopic (exact) mass is 360 g/mol. The van der Waals surface area contributed by atoms with Crippen LogP contribution in [0.5, 0.6) is 0 Å². The predicted molar refractivity (Wildman–Crippen MR) is 96.1 cm³/mol. The highest BCUT2D eigenvalue weighted by Crippen LogP contribution is 2.60. The van der Waals surface area contributed by atoms with Crippen LogP contribution >= 0.6 is 0 Å². The van der Waals surface area contributed by atoms with Crippen molar-refractivity contribution in [2.24, 2.45) is 22.7 Å². The summed E-state index contributed by atoms with van der Waals surface area (Å²) in [5, 5.41) is 0. The summed E-state index contributed by atoms with van der Waals surface area (Å²) in [7, 11) is 0. The molecule has 1 saturated carbocycles. The number of ether oxygens (including phenoxy) is 2. The first-order valence-electron chi connectivity index (χ1n) is 9.43. The molecule has 5 nitrogen and oxygen atoms in total. The predicted octanol–water partition coefficient (Wildman–Crippen LogP) is 3.38. The summed E-state index contributed by atoms with van der Waals surface area (Å²) in [5.41, 5.74) is -0.0507. The zero-order chi connectivity index (χ0) is 19.1. The lowest BCUT2D eigenvalue weighted by Crippen LogP contribution is -2.57. The fourth-order valence-electron chi connectivity index (χ4n) is 5.27. The molecule has 5 unspecified atom stereocenters. The van der Waals surface area contributed by atoms with Gasteiger partial charge in [-0.2, -0.15) is 0 Å². The van der Waals surface area contributed by atoms with E-state index in [1.165, 1.54) is 6.92 Å². The molecule has 0 bridgehead atoms. The van der Waals surface area contributed by atoms with E-state index >= 15 is 0 Å². The molecule has 0 N–H and O–H groups in total. The number of carbonyl (C=O) groups excluding carboxylic acids is 3. The van der Waals surface area contributed by atoms with Crippen molar-refractivity contribution in [2.45, 2.75) is 59.5 Å². The molecule has 0 aromatic heterocycles. The molecule has 0 amide bonds. The van der Waals surface area contributed by atoms with Gasteiger partial charge in [0.25, 0.3) is 0 Å². The van der Waals surface area contributed by atoms with Crippen molar-refractivity contribution in [1.82, 2.24) is 0 Å². The van der Waals surface area contributed by atoms with Gasteiger partial charge in [0.1, 0.15) is 12.7 Å². The fraction of sp³-hybridized carbons (Fsp3) is 0.667. The van der Waals surface area contributed by atoms with Crippen molar-refractivity contribution in [3.63, 3.8) is 0 Å². The van der Waals surface area contributed by atoms with Gasteiger partial charge in [-0.15, -0.1) is 0 Å². The molecule has 26 heavy (non-hydrogen) atoms. The summed E-state index contributed by atoms with van der Waals surface area (Å²) in [6.45, 7) is 8.06. The Morgan fingerprint density at radius 2 is 2.08 bits per heavy atom. The van der Waals surface area contributed by atoms with E-state index in [2.05, 4.69) is 13.8 Å². The molecule has 0 aromatic rings. The number of ketones is 1. The van der Waals surface area contributed by atoms with Crippen LogP contribution in [-0.4, -0.2) is 30.4 Å². The smallest absolute Gasteiger partial charge is 0.334 e. The Morgan fingerprint density at radius 1 is 1.35 bits per heavy atom. The number of hydrogen-bond acceptors (Lipinski definition) is 5. The van der Waals surface area contributed by atoms with Gasteiger partial charge in [-0.1, -0.05) is 26.8 Å². The van der Waals surface area contributed by atoms with Crippen LogP contribution in [0.1, 0.15) is 53.4 Å². The van der Waals surface area contributed by atoms with Gasteiger partial charge in [-0.25, -0.2) is 4.79 Å².